The van der Waals surface area contributed by atoms with Crippen LogP contribution in [-0.2, 0) is 6.54 Å². The van der Waals surface area contributed by atoms with Crippen molar-refractivity contribution >= 4 is 57.8 Å². The zero-order valence-electron chi connectivity index (χ0n) is 13.8. The highest BCUT2D eigenvalue weighted by atomic mass is 35.5. The molecule has 2 aromatic carbocycles. The van der Waals surface area contributed by atoms with Gasteiger partial charge in [-0.05, 0) is 48.1 Å². The highest BCUT2D eigenvalue weighted by Crippen LogP contribution is 2.26. The fraction of sp³-hybridized carbons (Fsp3) is 0.278. The molecule has 0 spiro atoms. The van der Waals surface area contributed by atoms with Crippen LogP contribution >= 0.6 is 47.0 Å². The molecule has 0 saturated carbocycles. The van der Waals surface area contributed by atoms with Crippen molar-refractivity contribution in [3.63, 3.8) is 0 Å². The number of anilines is 1. The van der Waals surface area contributed by atoms with Gasteiger partial charge in [-0.15, -0.1) is 0 Å². The maximum Gasteiger partial charge on any atom is 0.173 e. The predicted octanol–water partition coefficient (Wildman–Crippen LogP) is 5.30. The van der Waals surface area contributed by atoms with Crippen LogP contribution in [0.5, 0.6) is 0 Å². The van der Waals surface area contributed by atoms with Gasteiger partial charge in [0.05, 0.1) is 10.7 Å². The van der Waals surface area contributed by atoms with Crippen molar-refractivity contribution in [2.75, 3.05) is 31.5 Å². The number of piperazine rings is 1. The summed E-state index contributed by atoms with van der Waals surface area (Å²) in [5.41, 5.74) is 1.66. The van der Waals surface area contributed by atoms with Gasteiger partial charge in [-0.2, -0.15) is 0 Å². The van der Waals surface area contributed by atoms with E-state index in [1.54, 1.807) is 18.2 Å². The van der Waals surface area contributed by atoms with Gasteiger partial charge in [0.15, 0.2) is 5.11 Å². The first-order chi connectivity index (χ1) is 12.4. The molecule has 2 aromatic rings. The molecule has 3 rings (SSSR count). The summed E-state index contributed by atoms with van der Waals surface area (Å²) >= 11 is 23.7. The monoisotopic (exact) mass is 431 g/mol. The molecule has 1 heterocycles. The molecule has 0 amide bonds. The van der Waals surface area contributed by atoms with E-state index in [4.69, 9.17) is 47.0 Å². The minimum absolute atomic E-state index is 0.319. The Morgan fingerprint density at radius 2 is 1.73 bits per heavy atom. The molecular weight excluding hydrogens is 416 g/mol. The van der Waals surface area contributed by atoms with Gasteiger partial charge in [0.2, 0.25) is 0 Å². The molecule has 1 aliphatic heterocycles. The van der Waals surface area contributed by atoms with Crippen LogP contribution in [0.4, 0.5) is 10.1 Å². The summed E-state index contributed by atoms with van der Waals surface area (Å²) in [5, 5.41) is 5.38. The Labute approximate surface area is 172 Å². The molecule has 0 bridgehead atoms. The van der Waals surface area contributed by atoms with Crippen LogP contribution in [0.1, 0.15) is 5.56 Å². The first-order valence-electron chi connectivity index (χ1n) is 8.09. The van der Waals surface area contributed by atoms with E-state index in [2.05, 4.69) is 15.1 Å². The van der Waals surface area contributed by atoms with E-state index in [0.29, 0.717) is 26.7 Å². The lowest BCUT2D eigenvalue weighted by atomic mass is 10.2. The van der Waals surface area contributed by atoms with Crippen molar-refractivity contribution in [3.8, 4) is 0 Å². The van der Waals surface area contributed by atoms with E-state index < -0.39 is 0 Å². The SMILES string of the molecule is Fc1ccc(CN2CCN(C(=S)Nc3ccc(Cl)cc3Cl)CC2)c(Cl)c1. The van der Waals surface area contributed by atoms with Crippen molar-refractivity contribution in [2.24, 2.45) is 0 Å². The fourth-order valence-corrected chi connectivity index (χ4v) is 3.76. The number of benzene rings is 2. The van der Waals surface area contributed by atoms with Gasteiger partial charge < -0.3 is 10.2 Å². The third kappa shape index (κ3) is 4.99. The van der Waals surface area contributed by atoms with Gasteiger partial charge in [-0.25, -0.2) is 4.39 Å². The van der Waals surface area contributed by atoms with E-state index in [1.807, 2.05) is 6.07 Å². The molecule has 1 N–H and O–H groups in total. The van der Waals surface area contributed by atoms with Gasteiger partial charge in [0, 0.05) is 42.8 Å². The summed E-state index contributed by atoms with van der Waals surface area (Å²) in [6.07, 6.45) is 0. The second-order valence-corrected chi connectivity index (χ2v) is 7.69. The molecule has 1 saturated heterocycles. The van der Waals surface area contributed by atoms with E-state index >= 15 is 0 Å². The number of nitrogens with one attached hydrogen (secondary N) is 1. The second kappa shape index (κ2) is 8.72. The molecular formula is C18H17Cl3FN3S. The summed E-state index contributed by atoms with van der Waals surface area (Å²) < 4.78 is 13.2. The van der Waals surface area contributed by atoms with Gasteiger partial charge in [0.25, 0.3) is 0 Å². The van der Waals surface area contributed by atoms with Crippen LogP contribution in [0.15, 0.2) is 36.4 Å². The van der Waals surface area contributed by atoms with Crippen molar-refractivity contribution in [2.45, 2.75) is 6.54 Å². The molecule has 0 unspecified atom stereocenters. The number of rotatable bonds is 3. The lowest BCUT2D eigenvalue weighted by molar-refractivity contribution is 0.177. The molecule has 0 aromatic heterocycles. The summed E-state index contributed by atoms with van der Waals surface area (Å²) in [7, 11) is 0. The van der Waals surface area contributed by atoms with E-state index in [0.717, 1.165) is 37.4 Å². The minimum Gasteiger partial charge on any atom is -0.346 e. The molecule has 0 radical (unpaired) electrons. The number of nitrogens with zero attached hydrogens (tertiary/aromatic N) is 2. The number of halogens is 4. The molecule has 3 nitrogen and oxygen atoms in total. The van der Waals surface area contributed by atoms with E-state index in [-0.39, 0.29) is 5.82 Å². The van der Waals surface area contributed by atoms with Crippen LogP contribution in [0.2, 0.25) is 15.1 Å². The second-order valence-electron chi connectivity index (χ2n) is 6.05. The van der Waals surface area contributed by atoms with Gasteiger partial charge in [-0.3, -0.25) is 4.90 Å². The largest absolute Gasteiger partial charge is 0.346 e. The Morgan fingerprint density at radius 3 is 2.38 bits per heavy atom. The average Bonchev–Trinajstić information content (AvgIpc) is 2.60. The highest BCUT2D eigenvalue weighted by molar-refractivity contribution is 7.80. The van der Waals surface area contributed by atoms with Crippen molar-refractivity contribution in [3.05, 3.63) is 62.8 Å². The van der Waals surface area contributed by atoms with Gasteiger partial charge >= 0.3 is 0 Å². The summed E-state index contributed by atoms with van der Waals surface area (Å²) in [4.78, 5) is 4.37. The molecule has 0 atom stereocenters. The Balaban J connectivity index is 1.53. The third-order valence-corrected chi connectivity index (χ3v) is 5.50. The zero-order valence-corrected chi connectivity index (χ0v) is 16.9. The topological polar surface area (TPSA) is 18.5 Å². The lowest BCUT2D eigenvalue weighted by Crippen LogP contribution is -2.49. The van der Waals surface area contributed by atoms with Crippen LogP contribution in [0.3, 0.4) is 0 Å². The molecule has 0 aliphatic carbocycles. The van der Waals surface area contributed by atoms with Crippen LogP contribution in [-0.4, -0.2) is 41.1 Å². The smallest absolute Gasteiger partial charge is 0.173 e. The molecule has 138 valence electrons. The number of hydrogen-bond acceptors (Lipinski definition) is 2. The fourth-order valence-electron chi connectivity index (χ4n) is 2.79. The first kappa shape index (κ1) is 19.6. The maximum atomic E-state index is 13.2. The van der Waals surface area contributed by atoms with Gasteiger partial charge in [-0.1, -0.05) is 40.9 Å². The number of thiocarbonyl (C=S) groups is 1. The van der Waals surface area contributed by atoms with Crippen LogP contribution in [0, 0.1) is 5.82 Å². The average molecular weight is 433 g/mol. The Morgan fingerprint density at radius 1 is 1.00 bits per heavy atom. The predicted molar refractivity (Wildman–Crippen MR) is 111 cm³/mol. The number of hydrogen-bond donors (Lipinski definition) is 1. The first-order valence-corrected chi connectivity index (χ1v) is 9.64. The van der Waals surface area contributed by atoms with Crippen LogP contribution < -0.4 is 5.32 Å². The Bertz CT molecular complexity index is 810. The molecule has 8 heteroatoms. The van der Waals surface area contributed by atoms with E-state index in [1.165, 1.54) is 12.1 Å². The van der Waals surface area contributed by atoms with Gasteiger partial charge in [0.1, 0.15) is 5.82 Å². The van der Waals surface area contributed by atoms with E-state index in [9.17, 15) is 4.39 Å². The quantitative estimate of drug-likeness (QED) is 0.663. The van der Waals surface area contributed by atoms with Crippen LogP contribution in [0.25, 0.3) is 0 Å². The summed E-state index contributed by atoms with van der Waals surface area (Å²) in [6, 6.07) is 9.78. The third-order valence-electron chi connectivity index (χ3n) is 4.24. The Hall–Kier alpha value is -1.11. The summed E-state index contributed by atoms with van der Waals surface area (Å²) in [6.45, 7) is 3.94. The molecule has 26 heavy (non-hydrogen) atoms. The molecule has 1 fully saturated rings. The lowest BCUT2D eigenvalue weighted by Gasteiger charge is -2.36. The normalized spacial score (nSPS) is 15.2. The minimum atomic E-state index is -0.319. The Kier molecular flexibility index (Phi) is 6.59. The summed E-state index contributed by atoms with van der Waals surface area (Å²) in [5.74, 6) is -0.319. The van der Waals surface area contributed by atoms with Crippen molar-refractivity contribution in [1.29, 1.82) is 0 Å². The van der Waals surface area contributed by atoms with Crippen molar-refractivity contribution < 1.29 is 4.39 Å². The maximum absolute atomic E-state index is 13.2. The highest BCUT2D eigenvalue weighted by Gasteiger charge is 2.20. The molecule has 1 aliphatic rings. The van der Waals surface area contributed by atoms with Crippen molar-refractivity contribution in [1.82, 2.24) is 9.80 Å². The zero-order chi connectivity index (χ0) is 18.7. The standard InChI is InChI=1S/C18H17Cl3FN3S/c19-13-2-4-17(16(21)9-13)23-18(26)25-7-5-24(6-8-25)11-12-1-3-14(22)10-15(12)20/h1-4,9-10H,5-8,11H2,(H,23,26).